The minimum Gasteiger partial charge on any atom is -0.0746 e. The number of fused-ring (bicyclic) bond motifs is 1. The maximum absolute atomic E-state index is 2.43. The molecule has 0 fully saturated rings. The molecular formula is C26H41P. The molecule has 0 saturated carbocycles. The van der Waals surface area contributed by atoms with E-state index >= 15 is 0 Å². The van der Waals surface area contributed by atoms with E-state index in [4.69, 9.17) is 0 Å². The van der Waals surface area contributed by atoms with Crippen LogP contribution in [0.15, 0.2) is 42.5 Å². The number of hydrogen-bond donors (Lipinski definition) is 0. The fraction of sp³-hybridized carbons (Fsp3) is 0.615. The summed E-state index contributed by atoms with van der Waals surface area (Å²) in [5, 5.41) is 4.61. The Morgan fingerprint density at radius 3 is 1.70 bits per heavy atom. The maximum atomic E-state index is 2.43. The molecule has 0 N–H and O–H groups in total. The lowest BCUT2D eigenvalue weighted by atomic mass is 10.1. The van der Waals surface area contributed by atoms with Gasteiger partial charge in [-0.1, -0.05) is 128 Å². The van der Waals surface area contributed by atoms with Crippen LogP contribution in [-0.4, -0.2) is 12.3 Å². The minimum absolute atomic E-state index is 0.00456. The third-order valence-corrected chi connectivity index (χ3v) is 8.45. The van der Waals surface area contributed by atoms with Gasteiger partial charge in [-0.15, -0.1) is 0 Å². The monoisotopic (exact) mass is 384 g/mol. The van der Waals surface area contributed by atoms with E-state index in [0.29, 0.717) is 0 Å². The van der Waals surface area contributed by atoms with E-state index in [0.717, 1.165) is 0 Å². The summed E-state index contributed by atoms with van der Waals surface area (Å²) in [5.74, 6) is 0. The normalized spacial score (nSPS) is 11.5. The topological polar surface area (TPSA) is 0 Å². The van der Waals surface area contributed by atoms with Crippen molar-refractivity contribution in [1.82, 2.24) is 0 Å². The SMILES string of the molecule is CCCCCCCCP(CCCCCCCC)c1cccc2ccccc12. The predicted molar refractivity (Wildman–Crippen MR) is 127 cm³/mol. The smallest absolute Gasteiger partial charge is 0.0107 e. The van der Waals surface area contributed by atoms with Crippen LogP contribution in [0.25, 0.3) is 10.8 Å². The quantitative estimate of drug-likeness (QED) is 0.213. The first-order chi connectivity index (χ1) is 13.4. The van der Waals surface area contributed by atoms with E-state index in [2.05, 4.69) is 56.3 Å². The van der Waals surface area contributed by atoms with Crippen LogP contribution in [0.3, 0.4) is 0 Å². The summed E-state index contributed by atoms with van der Waals surface area (Å²) >= 11 is 0. The van der Waals surface area contributed by atoms with Crippen LogP contribution < -0.4 is 5.30 Å². The molecule has 1 heteroatoms. The van der Waals surface area contributed by atoms with Gasteiger partial charge in [0.25, 0.3) is 0 Å². The lowest BCUT2D eigenvalue weighted by Crippen LogP contribution is -2.08. The third-order valence-electron chi connectivity index (χ3n) is 5.67. The van der Waals surface area contributed by atoms with Crippen LogP contribution >= 0.6 is 7.92 Å². The fourth-order valence-electron chi connectivity index (χ4n) is 4.00. The zero-order valence-electron chi connectivity index (χ0n) is 17.9. The Bertz CT molecular complexity index is 597. The van der Waals surface area contributed by atoms with Crippen molar-refractivity contribution in [2.24, 2.45) is 0 Å². The van der Waals surface area contributed by atoms with Crippen molar-refractivity contribution < 1.29 is 0 Å². The fourth-order valence-corrected chi connectivity index (χ4v) is 6.76. The van der Waals surface area contributed by atoms with E-state index in [-0.39, 0.29) is 7.92 Å². The average Bonchev–Trinajstić information content (AvgIpc) is 2.71. The summed E-state index contributed by atoms with van der Waals surface area (Å²) < 4.78 is 0. The first kappa shape index (κ1) is 22.4. The second kappa shape index (κ2) is 14.2. The molecule has 0 nitrogen and oxygen atoms in total. The molecule has 0 bridgehead atoms. The Kier molecular flexibility index (Phi) is 11.8. The highest BCUT2D eigenvalue weighted by atomic mass is 31.1. The van der Waals surface area contributed by atoms with Gasteiger partial charge in [0.1, 0.15) is 0 Å². The zero-order chi connectivity index (χ0) is 19.2. The average molecular weight is 385 g/mol. The number of unbranched alkanes of at least 4 members (excludes halogenated alkanes) is 10. The number of benzene rings is 2. The molecule has 0 radical (unpaired) electrons. The molecule has 0 spiro atoms. The van der Waals surface area contributed by atoms with Crippen molar-refractivity contribution in [1.29, 1.82) is 0 Å². The largest absolute Gasteiger partial charge is 0.0746 e. The van der Waals surface area contributed by atoms with Gasteiger partial charge >= 0.3 is 0 Å². The van der Waals surface area contributed by atoms with Crippen molar-refractivity contribution in [2.75, 3.05) is 12.3 Å². The molecule has 27 heavy (non-hydrogen) atoms. The zero-order valence-corrected chi connectivity index (χ0v) is 18.8. The predicted octanol–water partition coefficient (Wildman–Crippen LogP) is 8.67. The summed E-state index contributed by atoms with van der Waals surface area (Å²) in [7, 11) is -0.00456. The van der Waals surface area contributed by atoms with Crippen LogP contribution in [0.1, 0.15) is 90.9 Å². The second-order valence-corrected chi connectivity index (χ2v) is 10.5. The van der Waals surface area contributed by atoms with Gasteiger partial charge in [-0.3, -0.25) is 0 Å². The van der Waals surface area contributed by atoms with Crippen molar-refractivity contribution in [2.45, 2.75) is 90.9 Å². The molecule has 0 aliphatic rings. The highest BCUT2D eigenvalue weighted by molar-refractivity contribution is 7.66. The highest BCUT2D eigenvalue weighted by Crippen LogP contribution is 2.39. The molecule has 0 atom stereocenters. The first-order valence-corrected chi connectivity index (χ1v) is 13.3. The molecule has 2 rings (SSSR count). The maximum Gasteiger partial charge on any atom is -0.0107 e. The van der Waals surface area contributed by atoms with E-state index in [9.17, 15) is 0 Å². The molecule has 0 unspecified atom stereocenters. The summed E-state index contributed by atoms with van der Waals surface area (Å²) in [6, 6.07) is 16.0. The van der Waals surface area contributed by atoms with E-state index in [1.807, 2.05) is 0 Å². The molecule has 2 aromatic carbocycles. The summed E-state index contributed by atoms with van der Waals surface area (Å²) in [6.45, 7) is 4.61. The molecule has 0 aliphatic carbocycles. The van der Waals surface area contributed by atoms with E-state index < -0.39 is 0 Å². The molecule has 0 aromatic heterocycles. The molecular weight excluding hydrogens is 343 g/mol. The summed E-state index contributed by atoms with van der Waals surface area (Å²) in [4.78, 5) is 0. The number of rotatable bonds is 15. The van der Waals surface area contributed by atoms with Gasteiger partial charge in [0.15, 0.2) is 0 Å². The molecule has 2 aromatic rings. The van der Waals surface area contributed by atoms with Crippen LogP contribution in [0.2, 0.25) is 0 Å². The van der Waals surface area contributed by atoms with Crippen LogP contribution in [0.4, 0.5) is 0 Å². The minimum atomic E-state index is -0.00456. The van der Waals surface area contributed by atoms with Gasteiger partial charge in [-0.25, -0.2) is 0 Å². The van der Waals surface area contributed by atoms with Gasteiger partial charge < -0.3 is 0 Å². The standard InChI is InChI=1S/C26H41P/c1-3-5-7-9-11-15-22-27(23-16-12-10-8-6-4-2)26-21-17-19-24-18-13-14-20-25(24)26/h13-14,17-21H,3-12,15-16,22-23H2,1-2H3. The van der Waals surface area contributed by atoms with Crippen molar-refractivity contribution >= 4 is 24.0 Å². The van der Waals surface area contributed by atoms with Crippen LogP contribution in [0.5, 0.6) is 0 Å². The molecule has 0 amide bonds. The van der Waals surface area contributed by atoms with Gasteiger partial charge in [0.05, 0.1) is 0 Å². The Labute approximate surface area is 169 Å². The highest BCUT2D eigenvalue weighted by Gasteiger charge is 2.13. The molecule has 0 aliphatic heterocycles. The number of hydrogen-bond acceptors (Lipinski definition) is 0. The lowest BCUT2D eigenvalue weighted by molar-refractivity contribution is 0.622. The Morgan fingerprint density at radius 2 is 1.07 bits per heavy atom. The summed E-state index contributed by atoms with van der Waals surface area (Å²) in [6.07, 6.45) is 19.8. The van der Waals surface area contributed by atoms with Gasteiger partial charge in [0.2, 0.25) is 0 Å². The van der Waals surface area contributed by atoms with E-state index in [1.54, 1.807) is 5.30 Å². The van der Waals surface area contributed by atoms with E-state index in [1.165, 1.54) is 100 Å². The Balaban J connectivity index is 1.93. The van der Waals surface area contributed by atoms with Crippen LogP contribution in [-0.2, 0) is 0 Å². The van der Waals surface area contributed by atoms with Crippen LogP contribution in [0, 0.1) is 0 Å². The summed E-state index contributed by atoms with van der Waals surface area (Å²) in [5.41, 5.74) is 0. The van der Waals surface area contributed by atoms with Gasteiger partial charge in [-0.05, 0) is 41.2 Å². The van der Waals surface area contributed by atoms with Gasteiger partial charge in [0, 0.05) is 0 Å². The van der Waals surface area contributed by atoms with Crippen molar-refractivity contribution in [3.05, 3.63) is 42.5 Å². The van der Waals surface area contributed by atoms with Gasteiger partial charge in [-0.2, -0.15) is 0 Å². The lowest BCUT2D eigenvalue weighted by Gasteiger charge is -2.20. The molecule has 150 valence electrons. The molecule has 0 heterocycles. The Hall–Kier alpha value is -0.870. The first-order valence-electron chi connectivity index (χ1n) is 11.6. The van der Waals surface area contributed by atoms with Crippen molar-refractivity contribution in [3.63, 3.8) is 0 Å². The van der Waals surface area contributed by atoms with Crippen molar-refractivity contribution in [3.8, 4) is 0 Å². The Morgan fingerprint density at radius 1 is 0.556 bits per heavy atom. The third kappa shape index (κ3) is 8.35. The second-order valence-electron chi connectivity index (χ2n) is 8.02. The molecule has 0 saturated heterocycles.